The largest absolute Gasteiger partial charge is 0.465 e. The van der Waals surface area contributed by atoms with Gasteiger partial charge in [0.25, 0.3) is 0 Å². The number of nitrogens with zero attached hydrogens (tertiary/aromatic N) is 3. The van der Waals surface area contributed by atoms with E-state index in [2.05, 4.69) is 9.98 Å². The summed E-state index contributed by atoms with van der Waals surface area (Å²) >= 11 is 0. The number of methoxy groups -OCH3 is 1. The topological polar surface area (TPSA) is 106 Å². The zero-order valence-corrected chi connectivity index (χ0v) is 14.4. The van der Waals surface area contributed by atoms with Crippen molar-refractivity contribution in [2.24, 2.45) is 21.5 Å². The first-order chi connectivity index (χ1) is 11.9. The molecule has 2 aliphatic rings. The van der Waals surface area contributed by atoms with Crippen LogP contribution in [-0.2, 0) is 4.74 Å². The van der Waals surface area contributed by atoms with Crippen LogP contribution in [0.1, 0.15) is 48.0 Å². The molecule has 1 aromatic rings. The lowest BCUT2D eigenvalue weighted by atomic mass is 9.86. The van der Waals surface area contributed by atoms with Crippen molar-refractivity contribution in [3.63, 3.8) is 0 Å². The fourth-order valence-corrected chi connectivity index (χ4v) is 3.73. The van der Waals surface area contributed by atoms with Crippen LogP contribution in [0.25, 0.3) is 0 Å². The Bertz CT molecular complexity index is 769. The molecule has 3 rings (SSSR count). The second-order valence-electron chi connectivity index (χ2n) is 6.38. The quantitative estimate of drug-likeness (QED) is 0.796. The van der Waals surface area contributed by atoms with Gasteiger partial charge >= 0.3 is 5.97 Å². The molecule has 0 unspecified atom stereocenters. The maximum Gasteiger partial charge on any atom is 0.341 e. The second-order valence-corrected chi connectivity index (χ2v) is 6.38. The van der Waals surface area contributed by atoms with Crippen LogP contribution < -0.4 is 16.4 Å². The molecular weight excluding hydrogens is 325 g/mol. The normalized spacial score (nSPS) is 19.4. The number of halogens is 1. The van der Waals surface area contributed by atoms with Gasteiger partial charge in [0.05, 0.1) is 12.8 Å². The lowest BCUT2D eigenvalue weighted by molar-refractivity contribution is 0.0594. The van der Waals surface area contributed by atoms with Crippen molar-refractivity contribution < 1.29 is 13.9 Å². The monoisotopic (exact) mass is 347 g/mol. The van der Waals surface area contributed by atoms with Gasteiger partial charge in [-0.1, -0.05) is 6.42 Å². The predicted molar refractivity (Wildman–Crippen MR) is 94.0 cm³/mol. The Hall–Kier alpha value is -2.64. The minimum atomic E-state index is -0.731. The molecule has 0 amide bonds. The third-order valence-corrected chi connectivity index (χ3v) is 4.87. The number of anilines is 1. The molecule has 25 heavy (non-hydrogen) atoms. The van der Waals surface area contributed by atoms with Crippen LogP contribution in [0.2, 0.25) is 0 Å². The summed E-state index contributed by atoms with van der Waals surface area (Å²) in [7, 11) is 1.22. The third kappa shape index (κ3) is 2.81. The summed E-state index contributed by atoms with van der Waals surface area (Å²) in [5.74, 6) is -1.03. The molecule has 1 spiro atoms. The fraction of sp³-hybridized carbons (Fsp3) is 0.471. The van der Waals surface area contributed by atoms with Crippen molar-refractivity contribution in [3.05, 3.63) is 29.1 Å². The van der Waals surface area contributed by atoms with Crippen molar-refractivity contribution in [2.75, 3.05) is 12.0 Å². The zero-order chi connectivity index (χ0) is 18.2. The van der Waals surface area contributed by atoms with E-state index in [-0.39, 0.29) is 17.5 Å². The Morgan fingerprint density at radius 3 is 2.60 bits per heavy atom. The fourth-order valence-electron chi connectivity index (χ4n) is 3.73. The molecule has 0 atom stereocenters. The minimum Gasteiger partial charge on any atom is -0.465 e. The van der Waals surface area contributed by atoms with E-state index in [9.17, 15) is 9.18 Å². The molecule has 4 N–H and O–H groups in total. The Kier molecular flexibility index (Phi) is 4.36. The van der Waals surface area contributed by atoms with Gasteiger partial charge in [-0.15, -0.1) is 0 Å². The summed E-state index contributed by atoms with van der Waals surface area (Å²) in [6, 6.07) is 2.83. The van der Waals surface area contributed by atoms with E-state index in [4.69, 9.17) is 16.2 Å². The molecule has 1 aliphatic heterocycles. The number of guanidine groups is 2. The number of nitrogens with two attached hydrogens (primary N) is 2. The Labute approximate surface area is 145 Å². The smallest absolute Gasteiger partial charge is 0.341 e. The van der Waals surface area contributed by atoms with Crippen LogP contribution in [-0.4, -0.2) is 30.7 Å². The molecule has 1 saturated carbocycles. The van der Waals surface area contributed by atoms with E-state index in [1.165, 1.54) is 13.2 Å². The average Bonchev–Trinajstić information content (AvgIpc) is 2.56. The number of aliphatic imine (C=N–C) groups is 2. The van der Waals surface area contributed by atoms with Crippen molar-refractivity contribution in [2.45, 2.75) is 44.7 Å². The number of ether oxygens (including phenoxy) is 1. The summed E-state index contributed by atoms with van der Waals surface area (Å²) in [5, 5.41) is 0. The molecule has 1 fully saturated rings. The van der Waals surface area contributed by atoms with Crippen LogP contribution in [0.3, 0.4) is 0 Å². The van der Waals surface area contributed by atoms with Crippen LogP contribution in [0.4, 0.5) is 10.1 Å². The predicted octanol–water partition coefficient (Wildman–Crippen LogP) is 2.03. The van der Waals surface area contributed by atoms with Crippen LogP contribution in [0.5, 0.6) is 0 Å². The van der Waals surface area contributed by atoms with Crippen molar-refractivity contribution in [3.8, 4) is 0 Å². The van der Waals surface area contributed by atoms with Gasteiger partial charge in [0.1, 0.15) is 17.0 Å². The first-order valence-electron chi connectivity index (χ1n) is 8.27. The van der Waals surface area contributed by atoms with Gasteiger partial charge < -0.3 is 16.2 Å². The average molecular weight is 347 g/mol. The molecule has 0 bridgehead atoms. The number of rotatable bonds is 2. The Balaban J connectivity index is 2.17. The second kappa shape index (κ2) is 6.34. The van der Waals surface area contributed by atoms with Gasteiger partial charge in [-0.25, -0.2) is 14.2 Å². The molecule has 0 aromatic heterocycles. The SMILES string of the molecule is COC(=O)c1c(F)ccc(N2C(N)=NC(N)=NC23CCCCC3)c1C. The standard InChI is InChI=1S/C17H22FN5O2/c1-10-12(7-6-11(18)13(10)14(24)25-2)23-16(20)21-15(19)22-17(23)8-4-3-5-9-17/h6-7H,3-5,8-9H2,1-2H3,(H4,19,20,21,22). The molecule has 134 valence electrons. The van der Waals surface area contributed by atoms with E-state index >= 15 is 0 Å². The minimum absolute atomic E-state index is 0.110. The van der Waals surface area contributed by atoms with E-state index in [1.807, 2.05) is 0 Å². The van der Waals surface area contributed by atoms with Gasteiger partial charge in [0, 0.05) is 0 Å². The summed E-state index contributed by atoms with van der Waals surface area (Å²) in [4.78, 5) is 22.5. The summed E-state index contributed by atoms with van der Waals surface area (Å²) in [5.41, 5.74) is 12.3. The van der Waals surface area contributed by atoms with E-state index in [1.54, 1.807) is 17.9 Å². The molecule has 0 saturated heterocycles. The van der Waals surface area contributed by atoms with E-state index in [0.29, 0.717) is 11.3 Å². The molecule has 0 radical (unpaired) electrons. The lowest BCUT2D eigenvalue weighted by Gasteiger charge is -2.46. The number of hydrogen-bond donors (Lipinski definition) is 2. The first kappa shape index (κ1) is 17.2. The van der Waals surface area contributed by atoms with E-state index in [0.717, 1.165) is 32.1 Å². The highest BCUT2D eigenvalue weighted by molar-refractivity contribution is 6.07. The van der Waals surface area contributed by atoms with Gasteiger partial charge in [0.15, 0.2) is 0 Å². The number of carbonyl (C=O) groups is 1. The summed E-state index contributed by atoms with van der Waals surface area (Å²) < 4.78 is 18.9. The zero-order valence-electron chi connectivity index (χ0n) is 14.4. The lowest BCUT2D eigenvalue weighted by Crippen LogP contribution is -2.58. The Morgan fingerprint density at radius 2 is 1.96 bits per heavy atom. The molecular formula is C17H22FN5O2. The molecule has 8 heteroatoms. The molecule has 7 nitrogen and oxygen atoms in total. The number of carbonyl (C=O) groups excluding carboxylic acids is 1. The number of esters is 1. The van der Waals surface area contributed by atoms with Gasteiger partial charge in [-0.05, 0) is 50.3 Å². The number of hydrogen-bond acceptors (Lipinski definition) is 7. The highest BCUT2D eigenvalue weighted by Crippen LogP contribution is 2.41. The maximum absolute atomic E-state index is 14.2. The molecule has 1 aliphatic carbocycles. The van der Waals surface area contributed by atoms with Crippen LogP contribution in [0, 0.1) is 12.7 Å². The third-order valence-electron chi connectivity index (χ3n) is 4.87. The summed E-state index contributed by atoms with van der Waals surface area (Å²) in [6.07, 6.45) is 4.58. The van der Waals surface area contributed by atoms with Gasteiger partial charge in [0.2, 0.25) is 11.9 Å². The maximum atomic E-state index is 14.2. The van der Waals surface area contributed by atoms with E-state index < -0.39 is 17.4 Å². The molecule has 1 heterocycles. The molecule has 1 aromatic carbocycles. The highest BCUT2D eigenvalue weighted by atomic mass is 19.1. The van der Waals surface area contributed by atoms with Crippen LogP contribution in [0.15, 0.2) is 22.1 Å². The van der Waals surface area contributed by atoms with Crippen molar-refractivity contribution in [1.82, 2.24) is 0 Å². The van der Waals surface area contributed by atoms with Gasteiger partial charge in [-0.2, -0.15) is 4.99 Å². The van der Waals surface area contributed by atoms with Crippen molar-refractivity contribution >= 4 is 23.6 Å². The summed E-state index contributed by atoms with van der Waals surface area (Å²) in [6.45, 7) is 1.66. The van der Waals surface area contributed by atoms with Gasteiger partial charge in [-0.3, -0.25) is 4.90 Å². The Morgan fingerprint density at radius 1 is 1.28 bits per heavy atom. The first-order valence-corrected chi connectivity index (χ1v) is 8.27. The van der Waals surface area contributed by atoms with Crippen molar-refractivity contribution in [1.29, 1.82) is 0 Å². The number of benzene rings is 1. The highest BCUT2D eigenvalue weighted by Gasteiger charge is 2.43. The van der Waals surface area contributed by atoms with Crippen LogP contribution >= 0.6 is 0 Å².